The van der Waals surface area contributed by atoms with Gasteiger partial charge in [0.05, 0.1) is 12.8 Å². The average molecular weight is 440 g/mol. The highest BCUT2D eigenvalue weighted by Crippen LogP contribution is 2.35. The summed E-state index contributed by atoms with van der Waals surface area (Å²) in [5.74, 6) is 0.269. The number of Topliss-reactive ketones (excluding diaryl/α,β-unsaturated/α-hetero) is 1. The first-order chi connectivity index (χ1) is 15.5. The van der Waals surface area contributed by atoms with Gasteiger partial charge in [-0.3, -0.25) is 9.59 Å². The fraction of sp³-hybridized carbons (Fsp3) is 0.458. The van der Waals surface area contributed by atoms with E-state index in [-0.39, 0.29) is 24.7 Å². The summed E-state index contributed by atoms with van der Waals surface area (Å²) < 4.78 is 26.2. The van der Waals surface area contributed by atoms with E-state index in [1.165, 1.54) is 30.0 Å². The molecule has 1 N–H and O–H groups in total. The van der Waals surface area contributed by atoms with Gasteiger partial charge in [-0.25, -0.2) is 9.37 Å². The van der Waals surface area contributed by atoms with E-state index < -0.39 is 17.8 Å². The van der Waals surface area contributed by atoms with E-state index in [1.807, 2.05) is 0 Å². The number of aromatic nitrogens is 1. The molecule has 2 fully saturated rings. The van der Waals surface area contributed by atoms with Crippen LogP contribution in [0.3, 0.4) is 0 Å². The van der Waals surface area contributed by atoms with Crippen molar-refractivity contribution < 1.29 is 28.6 Å². The fourth-order valence-corrected chi connectivity index (χ4v) is 4.35. The zero-order chi connectivity index (χ0) is 22.2. The van der Waals surface area contributed by atoms with Gasteiger partial charge < -0.3 is 19.5 Å². The summed E-state index contributed by atoms with van der Waals surface area (Å²) in [5.41, 5.74) is 1.03. The van der Waals surface area contributed by atoms with Gasteiger partial charge in [0, 0.05) is 42.8 Å². The van der Waals surface area contributed by atoms with E-state index >= 15 is 0 Å². The monoisotopic (exact) mass is 440 g/mol. The number of carbonyl (C=O) groups is 2. The Morgan fingerprint density at radius 3 is 2.75 bits per heavy atom. The number of anilines is 1. The molecule has 0 spiro atoms. The Balaban J connectivity index is 1.26. The molecule has 1 aromatic carbocycles. The van der Waals surface area contributed by atoms with Crippen LogP contribution in [-0.4, -0.2) is 47.6 Å². The summed E-state index contributed by atoms with van der Waals surface area (Å²) in [4.78, 5) is 31.2. The van der Waals surface area contributed by atoms with Crippen LogP contribution in [0.4, 0.5) is 10.1 Å². The van der Waals surface area contributed by atoms with Gasteiger partial charge in [-0.1, -0.05) is 0 Å². The minimum atomic E-state index is -0.704. The Bertz CT molecular complexity index is 1040. The van der Waals surface area contributed by atoms with Crippen molar-refractivity contribution in [2.24, 2.45) is 11.8 Å². The van der Waals surface area contributed by atoms with Crippen LogP contribution in [0.1, 0.15) is 41.6 Å². The zero-order valence-corrected chi connectivity index (χ0v) is 17.6. The molecule has 2 aromatic rings. The number of ketones is 1. The maximum absolute atomic E-state index is 14.7. The smallest absolute Gasteiger partial charge is 0.268 e. The van der Waals surface area contributed by atoms with Crippen molar-refractivity contribution >= 4 is 17.4 Å². The van der Waals surface area contributed by atoms with E-state index in [9.17, 15) is 14.0 Å². The lowest BCUT2D eigenvalue weighted by atomic mass is 10.0. The van der Waals surface area contributed by atoms with Crippen molar-refractivity contribution in [2.45, 2.75) is 38.2 Å². The Morgan fingerprint density at radius 1 is 1.19 bits per heavy atom. The normalized spacial score (nSPS) is 22.4. The molecule has 2 aliphatic carbocycles. The molecule has 2 atom stereocenters. The molecule has 1 aliphatic heterocycles. The van der Waals surface area contributed by atoms with Gasteiger partial charge in [-0.2, -0.15) is 0 Å². The second-order valence-electron chi connectivity index (χ2n) is 8.70. The first-order valence-corrected chi connectivity index (χ1v) is 11.1. The molecule has 168 valence electrons. The SMILES string of the molecule is O=C1c2cc(N3CC[C@@H](Oc4ccc(OCC5CC5)nc4)C3=O)cc(F)c2CC1CCO. The minimum Gasteiger partial charge on any atom is -0.479 e. The predicted molar refractivity (Wildman–Crippen MR) is 113 cm³/mol. The predicted octanol–water partition coefficient (Wildman–Crippen LogP) is 2.93. The molecule has 1 amide bonds. The number of ether oxygens (including phenoxy) is 2. The average Bonchev–Trinajstić information content (AvgIpc) is 3.48. The van der Waals surface area contributed by atoms with Crippen molar-refractivity contribution in [3.63, 3.8) is 0 Å². The topological polar surface area (TPSA) is 89.0 Å². The summed E-state index contributed by atoms with van der Waals surface area (Å²) in [6, 6.07) is 6.34. The summed E-state index contributed by atoms with van der Waals surface area (Å²) in [5, 5.41) is 9.15. The fourth-order valence-electron chi connectivity index (χ4n) is 4.35. The van der Waals surface area contributed by atoms with E-state index in [0.717, 1.165) is 0 Å². The number of benzene rings is 1. The minimum absolute atomic E-state index is 0.120. The number of rotatable bonds is 8. The molecule has 1 saturated heterocycles. The zero-order valence-electron chi connectivity index (χ0n) is 17.6. The summed E-state index contributed by atoms with van der Waals surface area (Å²) in [7, 11) is 0. The van der Waals surface area contributed by atoms with E-state index in [0.29, 0.717) is 60.4 Å². The van der Waals surface area contributed by atoms with Crippen LogP contribution < -0.4 is 14.4 Å². The van der Waals surface area contributed by atoms with Crippen LogP contribution in [-0.2, 0) is 11.2 Å². The Labute approximate surface area is 185 Å². The lowest BCUT2D eigenvalue weighted by molar-refractivity contribution is -0.122. The van der Waals surface area contributed by atoms with Gasteiger partial charge in [-0.15, -0.1) is 0 Å². The number of amides is 1. The lowest BCUT2D eigenvalue weighted by Gasteiger charge is -2.18. The van der Waals surface area contributed by atoms with E-state index in [4.69, 9.17) is 14.6 Å². The third kappa shape index (κ3) is 4.07. The first kappa shape index (κ1) is 20.9. The first-order valence-electron chi connectivity index (χ1n) is 11.1. The van der Waals surface area contributed by atoms with Crippen molar-refractivity contribution in [1.82, 2.24) is 4.98 Å². The third-order valence-corrected chi connectivity index (χ3v) is 6.36. The number of aliphatic hydroxyl groups excluding tert-OH is 1. The molecule has 5 rings (SSSR count). The Hall–Kier alpha value is -3.00. The number of hydrogen-bond donors (Lipinski definition) is 1. The summed E-state index contributed by atoms with van der Waals surface area (Å²) >= 11 is 0. The van der Waals surface area contributed by atoms with Gasteiger partial charge in [0.15, 0.2) is 11.9 Å². The van der Waals surface area contributed by atoms with Crippen LogP contribution in [0.15, 0.2) is 30.5 Å². The number of fused-ring (bicyclic) bond motifs is 1. The van der Waals surface area contributed by atoms with Gasteiger partial charge in [0.2, 0.25) is 5.88 Å². The molecule has 3 aliphatic rings. The molecule has 7 nitrogen and oxygen atoms in total. The van der Waals surface area contributed by atoms with E-state index in [1.54, 1.807) is 18.2 Å². The second-order valence-corrected chi connectivity index (χ2v) is 8.70. The highest BCUT2D eigenvalue weighted by molar-refractivity contribution is 6.05. The maximum Gasteiger partial charge on any atom is 0.268 e. The highest BCUT2D eigenvalue weighted by atomic mass is 19.1. The Morgan fingerprint density at radius 2 is 2.03 bits per heavy atom. The van der Waals surface area contributed by atoms with Crippen molar-refractivity contribution in [2.75, 3.05) is 24.7 Å². The van der Waals surface area contributed by atoms with Gasteiger partial charge in [0.1, 0.15) is 11.6 Å². The standard InChI is InChI=1S/C24H25FN2O5/c25-20-11-16(10-19-18(20)9-15(6-8-28)23(19)29)27-7-5-21(24(27)30)32-17-3-4-22(26-12-17)31-13-14-1-2-14/h3-4,10-12,14-15,21,28H,1-2,5-9,13H2/t15?,21-/m1/s1. The van der Waals surface area contributed by atoms with Crippen LogP contribution in [0.2, 0.25) is 0 Å². The highest BCUT2D eigenvalue weighted by Gasteiger charge is 2.37. The Kier molecular flexibility index (Phi) is 5.55. The molecule has 1 saturated carbocycles. The molecule has 0 radical (unpaired) electrons. The molecule has 1 unspecified atom stereocenters. The lowest BCUT2D eigenvalue weighted by Crippen LogP contribution is -2.32. The van der Waals surface area contributed by atoms with E-state index in [2.05, 4.69) is 4.98 Å². The number of pyridine rings is 1. The third-order valence-electron chi connectivity index (χ3n) is 6.36. The number of carbonyl (C=O) groups excluding carboxylic acids is 2. The molecule has 2 heterocycles. The van der Waals surface area contributed by atoms with Gasteiger partial charge >= 0.3 is 0 Å². The second kappa shape index (κ2) is 8.50. The van der Waals surface area contributed by atoms with Crippen LogP contribution >= 0.6 is 0 Å². The number of nitrogens with zero attached hydrogens (tertiary/aromatic N) is 2. The summed E-state index contributed by atoms with van der Waals surface area (Å²) in [6.07, 6.45) is 4.27. The molecular formula is C24H25FN2O5. The van der Waals surface area contributed by atoms with Crippen LogP contribution in [0, 0.1) is 17.7 Å². The van der Waals surface area contributed by atoms with Crippen molar-refractivity contribution in [1.29, 1.82) is 0 Å². The van der Waals surface area contributed by atoms with Crippen molar-refractivity contribution in [3.05, 3.63) is 47.4 Å². The molecular weight excluding hydrogens is 415 g/mol. The van der Waals surface area contributed by atoms with Gasteiger partial charge in [-0.05, 0) is 55.4 Å². The number of hydrogen-bond acceptors (Lipinski definition) is 6. The molecule has 32 heavy (non-hydrogen) atoms. The quantitative estimate of drug-likeness (QED) is 0.679. The molecule has 1 aromatic heterocycles. The number of aliphatic hydroxyl groups is 1. The molecule has 8 heteroatoms. The maximum atomic E-state index is 14.7. The largest absolute Gasteiger partial charge is 0.479 e. The van der Waals surface area contributed by atoms with Crippen LogP contribution in [0.25, 0.3) is 0 Å². The van der Waals surface area contributed by atoms with Crippen molar-refractivity contribution in [3.8, 4) is 11.6 Å². The molecule has 0 bridgehead atoms. The van der Waals surface area contributed by atoms with Crippen LogP contribution in [0.5, 0.6) is 11.6 Å². The summed E-state index contributed by atoms with van der Waals surface area (Å²) in [6.45, 7) is 0.918. The number of halogens is 1. The van der Waals surface area contributed by atoms with Gasteiger partial charge in [0.25, 0.3) is 5.91 Å².